The number of likely N-dealkylation sites (tertiary alicyclic amines) is 1. The van der Waals surface area contributed by atoms with E-state index >= 15 is 0 Å². The van der Waals surface area contributed by atoms with Crippen LogP contribution in [0.2, 0.25) is 0 Å². The molecule has 1 saturated heterocycles. The molecular weight excluding hydrogens is 286 g/mol. The Morgan fingerprint density at radius 1 is 1.29 bits per heavy atom. The SMILES string of the molecule is COC(=O)C1CCCCN1C(=O)c1ccc(CSC)cc1. The number of esters is 1. The molecule has 5 heteroatoms. The third kappa shape index (κ3) is 3.79. The maximum absolute atomic E-state index is 12.6. The van der Waals surface area contributed by atoms with Crippen LogP contribution in [-0.2, 0) is 15.3 Å². The molecular formula is C16H21NO3S. The summed E-state index contributed by atoms with van der Waals surface area (Å²) in [5.41, 5.74) is 1.83. The van der Waals surface area contributed by atoms with Gasteiger partial charge >= 0.3 is 5.97 Å². The summed E-state index contributed by atoms with van der Waals surface area (Å²) in [6.45, 7) is 0.616. The van der Waals surface area contributed by atoms with Gasteiger partial charge in [0, 0.05) is 17.9 Å². The van der Waals surface area contributed by atoms with E-state index in [9.17, 15) is 9.59 Å². The number of thioether (sulfide) groups is 1. The Balaban J connectivity index is 2.14. The fourth-order valence-corrected chi connectivity index (χ4v) is 3.16. The Hall–Kier alpha value is -1.49. The van der Waals surface area contributed by atoms with Crippen LogP contribution in [0.5, 0.6) is 0 Å². The van der Waals surface area contributed by atoms with Gasteiger partial charge in [-0.3, -0.25) is 4.79 Å². The molecule has 1 fully saturated rings. The minimum Gasteiger partial charge on any atom is -0.467 e. The largest absolute Gasteiger partial charge is 0.467 e. The number of carbonyl (C=O) groups is 2. The van der Waals surface area contributed by atoms with Crippen LogP contribution in [0.25, 0.3) is 0 Å². The number of hydrogen-bond donors (Lipinski definition) is 0. The van der Waals surface area contributed by atoms with Gasteiger partial charge in [0.15, 0.2) is 0 Å². The zero-order valence-electron chi connectivity index (χ0n) is 12.5. The van der Waals surface area contributed by atoms with Gasteiger partial charge < -0.3 is 9.64 Å². The summed E-state index contributed by atoms with van der Waals surface area (Å²) in [6.07, 6.45) is 4.62. The molecule has 0 N–H and O–H groups in total. The molecule has 0 aliphatic carbocycles. The van der Waals surface area contributed by atoms with E-state index < -0.39 is 6.04 Å². The zero-order valence-corrected chi connectivity index (χ0v) is 13.3. The van der Waals surface area contributed by atoms with E-state index in [4.69, 9.17) is 4.74 Å². The Labute approximate surface area is 129 Å². The van der Waals surface area contributed by atoms with E-state index in [0.29, 0.717) is 18.5 Å². The second-order valence-corrected chi connectivity index (χ2v) is 6.03. The summed E-state index contributed by atoms with van der Waals surface area (Å²) < 4.78 is 4.82. The smallest absolute Gasteiger partial charge is 0.328 e. The number of carbonyl (C=O) groups excluding carboxylic acids is 2. The average Bonchev–Trinajstić information content (AvgIpc) is 2.54. The van der Waals surface area contributed by atoms with Crippen molar-refractivity contribution >= 4 is 23.6 Å². The molecule has 1 unspecified atom stereocenters. The van der Waals surface area contributed by atoms with E-state index in [0.717, 1.165) is 18.6 Å². The summed E-state index contributed by atoms with van der Waals surface area (Å²) >= 11 is 1.75. The van der Waals surface area contributed by atoms with Crippen LogP contribution < -0.4 is 0 Å². The van der Waals surface area contributed by atoms with Crippen LogP contribution in [-0.4, -0.2) is 42.7 Å². The van der Waals surface area contributed by atoms with Crippen LogP contribution in [0, 0.1) is 0 Å². The van der Waals surface area contributed by atoms with Crippen molar-refractivity contribution < 1.29 is 14.3 Å². The lowest BCUT2D eigenvalue weighted by Gasteiger charge is -2.33. The van der Waals surface area contributed by atoms with Crippen molar-refractivity contribution in [1.82, 2.24) is 4.90 Å². The molecule has 4 nitrogen and oxygen atoms in total. The van der Waals surface area contributed by atoms with Crippen LogP contribution in [0.1, 0.15) is 35.2 Å². The maximum Gasteiger partial charge on any atom is 0.328 e. The lowest BCUT2D eigenvalue weighted by atomic mass is 10.0. The summed E-state index contributed by atoms with van der Waals surface area (Å²) in [5, 5.41) is 0. The van der Waals surface area contributed by atoms with Crippen molar-refractivity contribution in [3.63, 3.8) is 0 Å². The summed E-state index contributed by atoms with van der Waals surface area (Å²) in [5.74, 6) is 0.533. The maximum atomic E-state index is 12.6. The molecule has 1 aliphatic rings. The summed E-state index contributed by atoms with van der Waals surface area (Å²) in [7, 11) is 1.37. The standard InChI is InChI=1S/C16H21NO3S/c1-20-16(19)14-5-3-4-10-17(14)15(18)13-8-6-12(7-9-13)11-21-2/h6-9,14H,3-5,10-11H2,1-2H3. The zero-order chi connectivity index (χ0) is 15.2. The van der Waals surface area contributed by atoms with Crippen LogP contribution in [0.15, 0.2) is 24.3 Å². The molecule has 114 valence electrons. The molecule has 21 heavy (non-hydrogen) atoms. The normalized spacial score (nSPS) is 18.4. The summed E-state index contributed by atoms with van der Waals surface area (Å²) in [6, 6.07) is 7.19. The minimum absolute atomic E-state index is 0.0826. The third-order valence-electron chi connectivity index (χ3n) is 3.75. The van der Waals surface area contributed by atoms with Gasteiger partial charge in [0.05, 0.1) is 7.11 Å². The molecule has 2 rings (SSSR count). The van der Waals surface area contributed by atoms with Crippen molar-refractivity contribution in [1.29, 1.82) is 0 Å². The summed E-state index contributed by atoms with van der Waals surface area (Å²) in [4.78, 5) is 26.1. The second-order valence-electron chi connectivity index (χ2n) is 5.16. The highest BCUT2D eigenvalue weighted by molar-refractivity contribution is 7.97. The number of amides is 1. The van der Waals surface area contributed by atoms with E-state index in [1.54, 1.807) is 16.7 Å². The first-order chi connectivity index (χ1) is 10.2. The number of nitrogens with zero attached hydrogens (tertiary/aromatic N) is 1. The van der Waals surface area contributed by atoms with Gasteiger partial charge in [-0.2, -0.15) is 11.8 Å². The molecule has 1 heterocycles. The Kier molecular flexibility index (Phi) is 5.67. The first-order valence-electron chi connectivity index (χ1n) is 7.14. The highest BCUT2D eigenvalue weighted by Crippen LogP contribution is 2.21. The lowest BCUT2D eigenvalue weighted by molar-refractivity contribution is -0.147. The predicted molar refractivity (Wildman–Crippen MR) is 84.4 cm³/mol. The van der Waals surface area contributed by atoms with Gasteiger partial charge in [-0.05, 0) is 43.2 Å². The van der Waals surface area contributed by atoms with Gasteiger partial charge in [0.2, 0.25) is 0 Å². The Morgan fingerprint density at radius 2 is 2.00 bits per heavy atom. The van der Waals surface area contributed by atoms with Crippen molar-refractivity contribution in [2.24, 2.45) is 0 Å². The van der Waals surface area contributed by atoms with Gasteiger partial charge in [-0.1, -0.05) is 12.1 Å². The number of hydrogen-bond acceptors (Lipinski definition) is 4. The number of methoxy groups -OCH3 is 1. The van der Waals surface area contributed by atoms with Crippen LogP contribution in [0.3, 0.4) is 0 Å². The molecule has 1 amide bonds. The van der Waals surface area contributed by atoms with E-state index in [1.165, 1.54) is 12.7 Å². The van der Waals surface area contributed by atoms with E-state index in [-0.39, 0.29) is 11.9 Å². The van der Waals surface area contributed by atoms with E-state index in [1.807, 2.05) is 30.5 Å². The Bertz CT molecular complexity index is 501. The number of ether oxygens (including phenoxy) is 1. The molecule has 1 aromatic rings. The molecule has 0 aromatic heterocycles. The quantitative estimate of drug-likeness (QED) is 0.803. The molecule has 0 radical (unpaired) electrons. The highest BCUT2D eigenvalue weighted by atomic mass is 32.2. The number of rotatable bonds is 4. The molecule has 0 bridgehead atoms. The number of benzene rings is 1. The molecule has 1 aromatic carbocycles. The average molecular weight is 307 g/mol. The lowest BCUT2D eigenvalue weighted by Crippen LogP contribution is -2.48. The topological polar surface area (TPSA) is 46.6 Å². The van der Waals surface area contributed by atoms with Gasteiger partial charge in [0.1, 0.15) is 6.04 Å². The predicted octanol–water partition coefficient (Wildman–Crippen LogP) is 2.72. The number of piperidine rings is 1. The van der Waals surface area contributed by atoms with Gasteiger partial charge in [-0.25, -0.2) is 4.79 Å². The van der Waals surface area contributed by atoms with Crippen LogP contribution in [0.4, 0.5) is 0 Å². The molecule has 1 aliphatic heterocycles. The minimum atomic E-state index is -0.442. The van der Waals surface area contributed by atoms with Gasteiger partial charge in [-0.15, -0.1) is 0 Å². The fraction of sp³-hybridized carbons (Fsp3) is 0.500. The monoisotopic (exact) mass is 307 g/mol. The van der Waals surface area contributed by atoms with E-state index in [2.05, 4.69) is 0 Å². The third-order valence-corrected chi connectivity index (χ3v) is 4.37. The van der Waals surface area contributed by atoms with Crippen molar-refractivity contribution in [2.75, 3.05) is 19.9 Å². The highest BCUT2D eigenvalue weighted by Gasteiger charge is 2.33. The van der Waals surface area contributed by atoms with Crippen molar-refractivity contribution in [3.05, 3.63) is 35.4 Å². The first-order valence-corrected chi connectivity index (χ1v) is 8.53. The molecule has 0 spiro atoms. The Morgan fingerprint density at radius 3 is 2.62 bits per heavy atom. The molecule has 0 saturated carbocycles. The first kappa shape index (κ1) is 15.9. The molecule has 1 atom stereocenters. The van der Waals surface area contributed by atoms with Gasteiger partial charge in [0.25, 0.3) is 5.91 Å². The second kappa shape index (κ2) is 7.50. The van der Waals surface area contributed by atoms with Crippen molar-refractivity contribution in [2.45, 2.75) is 31.1 Å². The fourth-order valence-electron chi connectivity index (χ4n) is 2.63. The van der Waals surface area contributed by atoms with Crippen molar-refractivity contribution in [3.8, 4) is 0 Å². The van der Waals surface area contributed by atoms with Crippen LogP contribution >= 0.6 is 11.8 Å².